The van der Waals surface area contributed by atoms with E-state index in [9.17, 15) is 0 Å². The molecule has 2 fully saturated rings. The van der Waals surface area contributed by atoms with Gasteiger partial charge in [-0.1, -0.05) is 18.2 Å². The molecule has 4 nitrogen and oxygen atoms in total. The van der Waals surface area contributed by atoms with Gasteiger partial charge in [0.25, 0.3) is 0 Å². The standard InChI is InChI=1S/C16H25N3O/c17-16(6-12-20-13-7-16)14-18-8-10-19(11-9-18)15-4-2-1-3-5-15/h1-5H,6-14,17H2. The van der Waals surface area contributed by atoms with Gasteiger partial charge < -0.3 is 15.4 Å². The van der Waals surface area contributed by atoms with Crippen LogP contribution in [0, 0.1) is 0 Å². The SMILES string of the molecule is NC1(CN2CCN(c3ccccc3)CC2)CCOCC1. The number of ether oxygens (including phenoxy) is 1. The predicted molar refractivity (Wildman–Crippen MR) is 82.1 cm³/mol. The first kappa shape index (κ1) is 13.9. The van der Waals surface area contributed by atoms with E-state index in [0.29, 0.717) is 0 Å². The molecule has 0 aliphatic carbocycles. The summed E-state index contributed by atoms with van der Waals surface area (Å²) in [7, 11) is 0. The monoisotopic (exact) mass is 275 g/mol. The van der Waals surface area contributed by atoms with Crippen LogP contribution in [0.2, 0.25) is 0 Å². The number of hydrogen-bond donors (Lipinski definition) is 1. The average Bonchev–Trinajstić information content (AvgIpc) is 2.49. The van der Waals surface area contributed by atoms with E-state index < -0.39 is 0 Å². The van der Waals surface area contributed by atoms with Crippen LogP contribution < -0.4 is 10.6 Å². The van der Waals surface area contributed by atoms with Crippen LogP contribution in [0.1, 0.15) is 12.8 Å². The van der Waals surface area contributed by atoms with E-state index in [2.05, 4.69) is 40.1 Å². The second kappa shape index (κ2) is 6.12. The smallest absolute Gasteiger partial charge is 0.0484 e. The summed E-state index contributed by atoms with van der Waals surface area (Å²) in [4.78, 5) is 4.98. The van der Waals surface area contributed by atoms with Gasteiger partial charge in [0.05, 0.1) is 0 Å². The van der Waals surface area contributed by atoms with Gasteiger partial charge in [0.2, 0.25) is 0 Å². The zero-order valence-electron chi connectivity index (χ0n) is 12.1. The molecule has 2 aliphatic heterocycles. The van der Waals surface area contributed by atoms with Gasteiger partial charge >= 0.3 is 0 Å². The summed E-state index contributed by atoms with van der Waals surface area (Å²) in [6.07, 6.45) is 1.98. The topological polar surface area (TPSA) is 41.7 Å². The van der Waals surface area contributed by atoms with Gasteiger partial charge in [-0.25, -0.2) is 0 Å². The minimum absolute atomic E-state index is 0.0346. The summed E-state index contributed by atoms with van der Waals surface area (Å²) >= 11 is 0. The van der Waals surface area contributed by atoms with E-state index in [1.807, 2.05) is 0 Å². The maximum atomic E-state index is 6.50. The van der Waals surface area contributed by atoms with E-state index in [4.69, 9.17) is 10.5 Å². The minimum atomic E-state index is -0.0346. The highest BCUT2D eigenvalue weighted by atomic mass is 16.5. The molecule has 2 aliphatic rings. The second-order valence-electron chi connectivity index (χ2n) is 6.07. The van der Waals surface area contributed by atoms with E-state index in [1.165, 1.54) is 5.69 Å². The molecular formula is C16H25N3O. The van der Waals surface area contributed by atoms with Gasteiger partial charge in [-0.2, -0.15) is 0 Å². The minimum Gasteiger partial charge on any atom is -0.381 e. The van der Waals surface area contributed by atoms with Crippen molar-refractivity contribution < 1.29 is 4.74 Å². The normalized spacial score (nSPS) is 23.8. The zero-order valence-corrected chi connectivity index (χ0v) is 12.1. The second-order valence-corrected chi connectivity index (χ2v) is 6.07. The van der Waals surface area contributed by atoms with Crippen LogP contribution in [-0.2, 0) is 4.74 Å². The fourth-order valence-electron chi connectivity index (χ4n) is 3.18. The molecule has 2 N–H and O–H groups in total. The Morgan fingerprint density at radius 2 is 1.65 bits per heavy atom. The molecule has 0 amide bonds. The number of nitrogens with zero attached hydrogens (tertiary/aromatic N) is 2. The van der Waals surface area contributed by atoms with Crippen molar-refractivity contribution in [1.82, 2.24) is 4.90 Å². The van der Waals surface area contributed by atoms with Crippen LogP contribution in [0.25, 0.3) is 0 Å². The quantitative estimate of drug-likeness (QED) is 0.903. The zero-order chi connectivity index (χ0) is 13.8. The van der Waals surface area contributed by atoms with E-state index in [0.717, 1.165) is 58.8 Å². The molecule has 20 heavy (non-hydrogen) atoms. The number of hydrogen-bond acceptors (Lipinski definition) is 4. The highest BCUT2D eigenvalue weighted by Crippen LogP contribution is 2.21. The summed E-state index contributed by atoms with van der Waals surface area (Å²) in [5.74, 6) is 0. The molecule has 0 unspecified atom stereocenters. The van der Waals surface area contributed by atoms with E-state index in [-0.39, 0.29) is 5.54 Å². The first-order valence-corrected chi connectivity index (χ1v) is 7.64. The van der Waals surface area contributed by atoms with Crippen LogP contribution in [0.4, 0.5) is 5.69 Å². The Hall–Kier alpha value is -1.10. The molecule has 0 aromatic heterocycles. The van der Waals surface area contributed by atoms with Crippen molar-refractivity contribution in [2.24, 2.45) is 5.73 Å². The van der Waals surface area contributed by atoms with Gasteiger partial charge in [-0.05, 0) is 25.0 Å². The summed E-state index contributed by atoms with van der Waals surface area (Å²) in [6, 6.07) is 10.7. The maximum Gasteiger partial charge on any atom is 0.0484 e. The van der Waals surface area contributed by atoms with Crippen molar-refractivity contribution in [3.63, 3.8) is 0 Å². The molecule has 4 heteroatoms. The highest BCUT2D eigenvalue weighted by Gasteiger charge is 2.31. The number of rotatable bonds is 3. The lowest BCUT2D eigenvalue weighted by molar-refractivity contribution is 0.0369. The fraction of sp³-hybridized carbons (Fsp3) is 0.625. The van der Waals surface area contributed by atoms with Gasteiger partial charge in [0.1, 0.15) is 0 Å². The molecule has 0 saturated carbocycles. The van der Waals surface area contributed by atoms with Crippen molar-refractivity contribution >= 4 is 5.69 Å². The fourth-order valence-corrected chi connectivity index (χ4v) is 3.18. The van der Waals surface area contributed by atoms with E-state index >= 15 is 0 Å². The Bertz CT molecular complexity index is 409. The number of benzene rings is 1. The molecule has 1 aromatic rings. The lowest BCUT2D eigenvalue weighted by atomic mass is 9.90. The van der Waals surface area contributed by atoms with Gasteiger partial charge in [0, 0.05) is 57.2 Å². The van der Waals surface area contributed by atoms with Crippen molar-refractivity contribution in [2.45, 2.75) is 18.4 Å². The Morgan fingerprint density at radius 1 is 1.00 bits per heavy atom. The summed E-state index contributed by atoms with van der Waals surface area (Å²) in [6.45, 7) is 7.05. The third-order valence-corrected chi connectivity index (χ3v) is 4.52. The summed E-state index contributed by atoms with van der Waals surface area (Å²) in [5, 5.41) is 0. The Balaban J connectivity index is 1.51. The molecule has 1 aromatic carbocycles. The molecule has 0 spiro atoms. The predicted octanol–water partition coefficient (Wildman–Crippen LogP) is 1.32. The summed E-state index contributed by atoms with van der Waals surface area (Å²) in [5.41, 5.74) is 7.80. The number of nitrogens with two attached hydrogens (primary N) is 1. The average molecular weight is 275 g/mol. The Morgan fingerprint density at radius 3 is 2.30 bits per heavy atom. The van der Waals surface area contributed by atoms with Crippen LogP contribution in [0.5, 0.6) is 0 Å². The molecular weight excluding hydrogens is 250 g/mol. The molecule has 3 rings (SSSR count). The first-order valence-electron chi connectivity index (χ1n) is 7.64. The van der Waals surface area contributed by atoms with Crippen molar-refractivity contribution in [3.05, 3.63) is 30.3 Å². The first-order chi connectivity index (χ1) is 9.75. The molecule has 0 atom stereocenters. The third-order valence-electron chi connectivity index (χ3n) is 4.52. The van der Waals surface area contributed by atoms with Crippen LogP contribution in [0.3, 0.4) is 0 Å². The van der Waals surface area contributed by atoms with Crippen molar-refractivity contribution in [1.29, 1.82) is 0 Å². The number of para-hydroxylation sites is 1. The molecule has 110 valence electrons. The van der Waals surface area contributed by atoms with Crippen molar-refractivity contribution in [2.75, 3.05) is 50.8 Å². The van der Waals surface area contributed by atoms with Crippen LogP contribution >= 0.6 is 0 Å². The van der Waals surface area contributed by atoms with Gasteiger partial charge in [0.15, 0.2) is 0 Å². The largest absolute Gasteiger partial charge is 0.381 e. The molecule has 2 heterocycles. The van der Waals surface area contributed by atoms with Gasteiger partial charge in [-0.15, -0.1) is 0 Å². The van der Waals surface area contributed by atoms with Crippen molar-refractivity contribution in [3.8, 4) is 0 Å². The Kier molecular flexibility index (Phi) is 4.24. The van der Waals surface area contributed by atoms with E-state index in [1.54, 1.807) is 0 Å². The maximum absolute atomic E-state index is 6.50. The van der Waals surface area contributed by atoms with Crippen LogP contribution in [-0.4, -0.2) is 56.4 Å². The number of anilines is 1. The highest BCUT2D eigenvalue weighted by molar-refractivity contribution is 5.46. The number of piperazine rings is 1. The lowest BCUT2D eigenvalue weighted by Gasteiger charge is -2.42. The van der Waals surface area contributed by atoms with Gasteiger partial charge in [-0.3, -0.25) is 4.90 Å². The molecule has 0 bridgehead atoms. The molecule has 0 radical (unpaired) electrons. The van der Waals surface area contributed by atoms with Crippen LogP contribution in [0.15, 0.2) is 30.3 Å². The Labute approximate surface area is 121 Å². The molecule has 2 saturated heterocycles. The summed E-state index contributed by atoms with van der Waals surface area (Å²) < 4.78 is 5.42. The lowest BCUT2D eigenvalue weighted by Crippen LogP contribution is -2.57. The third kappa shape index (κ3) is 3.32.